The number of benzene rings is 2. The van der Waals surface area contributed by atoms with Gasteiger partial charge >= 0.3 is 5.97 Å². The monoisotopic (exact) mass is 377 g/mol. The van der Waals surface area contributed by atoms with Crippen molar-refractivity contribution >= 4 is 12.0 Å². The summed E-state index contributed by atoms with van der Waals surface area (Å²) in [5.41, 5.74) is 2.97. The second kappa shape index (κ2) is 10.1. The number of rotatable bonds is 9. The summed E-state index contributed by atoms with van der Waals surface area (Å²) in [5, 5.41) is 8.32. The zero-order chi connectivity index (χ0) is 19.6. The van der Waals surface area contributed by atoms with Crippen LogP contribution in [0, 0.1) is 0 Å². The van der Waals surface area contributed by atoms with E-state index in [1.54, 1.807) is 17.9 Å². The minimum absolute atomic E-state index is 0.341. The molecule has 3 aromatic rings. The van der Waals surface area contributed by atoms with E-state index in [4.69, 9.17) is 9.47 Å². The third-order valence-corrected chi connectivity index (χ3v) is 4.12. The third-order valence-electron chi connectivity index (χ3n) is 4.12. The predicted octanol–water partition coefficient (Wildman–Crippen LogP) is 3.52. The van der Waals surface area contributed by atoms with E-state index in [0.29, 0.717) is 26.0 Å². The van der Waals surface area contributed by atoms with E-state index < -0.39 is 0 Å². The maximum atomic E-state index is 11.7. The molecule has 28 heavy (non-hydrogen) atoms. The number of methoxy groups -OCH3 is 1. The van der Waals surface area contributed by atoms with Crippen molar-refractivity contribution in [3.63, 3.8) is 0 Å². The van der Waals surface area contributed by atoms with Gasteiger partial charge in [-0.3, -0.25) is 0 Å². The molecule has 0 aliphatic heterocycles. The number of aromatic nitrogens is 3. The molecule has 6 heteroatoms. The summed E-state index contributed by atoms with van der Waals surface area (Å²) >= 11 is 0. The van der Waals surface area contributed by atoms with Crippen molar-refractivity contribution in [3.05, 3.63) is 83.7 Å². The summed E-state index contributed by atoms with van der Waals surface area (Å²) < 4.78 is 12.2. The van der Waals surface area contributed by atoms with Crippen LogP contribution in [0.1, 0.15) is 23.2 Å². The number of carbonyl (C=O) groups excluding carboxylic acids is 1. The molecule has 0 aliphatic carbocycles. The topological polar surface area (TPSA) is 66.2 Å². The fourth-order valence-electron chi connectivity index (χ4n) is 2.65. The van der Waals surface area contributed by atoms with Gasteiger partial charge in [0.05, 0.1) is 26.0 Å². The van der Waals surface area contributed by atoms with Crippen molar-refractivity contribution in [2.75, 3.05) is 13.7 Å². The van der Waals surface area contributed by atoms with Crippen molar-refractivity contribution in [1.29, 1.82) is 0 Å². The Morgan fingerprint density at radius 2 is 1.89 bits per heavy atom. The number of hydrogen-bond donors (Lipinski definition) is 0. The molecule has 0 saturated heterocycles. The largest absolute Gasteiger partial charge is 0.497 e. The second-order valence-electron chi connectivity index (χ2n) is 6.27. The molecule has 2 aromatic carbocycles. The van der Waals surface area contributed by atoms with E-state index in [-0.39, 0.29) is 5.97 Å². The first kappa shape index (κ1) is 19.4. The zero-order valence-electron chi connectivity index (χ0n) is 15.8. The first-order valence-electron chi connectivity index (χ1n) is 9.15. The van der Waals surface area contributed by atoms with Gasteiger partial charge in [-0.25, -0.2) is 9.48 Å². The van der Waals surface area contributed by atoms with Crippen LogP contribution in [0.15, 0.2) is 66.9 Å². The van der Waals surface area contributed by atoms with Crippen LogP contribution in [0.5, 0.6) is 5.75 Å². The van der Waals surface area contributed by atoms with Crippen LogP contribution in [-0.2, 0) is 22.5 Å². The van der Waals surface area contributed by atoms with Gasteiger partial charge in [-0.1, -0.05) is 47.7 Å². The van der Waals surface area contributed by atoms with Crippen molar-refractivity contribution in [2.45, 2.75) is 19.4 Å². The molecule has 6 nitrogen and oxygen atoms in total. The maximum Gasteiger partial charge on any atom is 0.330 e. The minimum Gasteiger partial charge on any atom is -0.497 e. The van der Waals surface area contributed by atoms with Crippen LogP contribution in [0.2, 0.25) is 0 Å². The Hall–Kier alpha value is -3.41. The molecule has 0 spiro atoms. The van der Waals surface area contributed by atoms with E-state index in [1.165, 1.54) is 6.08 Å². The van der Waals surface area contributed by atoms with E-state index in [2.05, 4.69) is 10.3 Å². The Morgan fingerprint density at radius 1 is 1.11 bits per heavy atom. The summed E-state index contributed by atoms with van der Waals surface area (Å²) in [6.45, 7) is 1.000. The summed E-state index contributed by atoms with van der Waals surface area (Å²) in [5.74, 6) is 0.489. The average molecular weight is 377 g/mol. The Bertz CT molecular complexity index is 902. The molecule has 0 bridgehead atoms. The highest BCUT2D eigenvalue weighted by molar-refractivity contribution is 5.86. The van der Waals surface area contributed by atoms with Crippen molar-refractivity contribution in [3.8, 4) is 5.75 Å². The first-order valence-corrected chi connectivity index (χ1v) is 9.15. The van der Waals surface area contributed by atoms with E-state index in [1.807, 2.05) is 60.8 Å². The Balaban J connectivity index is 1.38. The lowest BCUT2D eigenvalue weighted by molar-refractivity contribution is -0.137. The quantitative estimate of drug-likeness (QED) is 0.324. The number of aryl methyl sites for hydroxylation is 1. The van der Waals surface area contributed by atoms with Crippen molar-refractivity contribution in [1.82, 2.24) is 15.0 Å². The molecular formula is C22H23N3O3. The molecule has 0 saturated carbocycles. The van der Waals surface area contributed by atoms with Gasteiger partial charge in [0.2, 0.25) is 0 Å². The molecule has 0 atom stereocenters. The highest BCUT2D eigenvalue weighted by atomic mass is 16.5. The van der Waals surface area contributed by atoms with Crippen LogP contribution in [0.25, 0.3) is 6.08 Å². The minimum atomic E-state index is -0.341. The van der Waals surface area contributed by atoms with E-state index in [0.717, 1.165) is 22.6 Å². The summed E-state index contributed by atoms with van der Waals surface area (Å²) in [6, 6.07) is 17.5. The van der Waals surface area contributed by atoms with Crippen molar-refractivity contribution < 1.29 is 14.3 Å². The molecule has 0 amide bonds. The van der Waals surface area contributed by atoms with Gasteiger partial charge < -0.3 is 9.47 Å². The maximum absolute atomic E-state index is 11.7. The van der Waals surface area contributed by atoms with Gasteiger partial charge in [-0.05, 0) is 42.2 Å². The van der Waals surface area contributed by atoms with E-state index in [9.17, 15) is 4.79 Å². The molecule has 0 N–H and O–H groups in total. The fourth-order valence-corrected chi connectivity index (χ4v) is 2.65. The molecule has 1 heterocycles. The van der Waals surface area contributed by atoms with Crippen molar-refractivity contribution in [2.24, 2.45) is 0 Å². The number of carbonyl (C=O) groups is 1. The van der Waals surface area contributed by atoms with Crippen LogP contribution < -0.4 is 4.74 Å². The summed E-state index contributed by atoms with van der Waals surface area (Å²) in [6.07, 6.45) is 6.51. The first-order chi connectivity index (χ1) is 13.7. The molecule has 0 radical (unpaired) electrons. The number of esters is 1. The van der Waals surface area contributed by atoms with Gasteiger partial charge in [0, 0.05) is 12.3 Å². The normalized spacial score (nSPS) is 10.9. The molecule has 0 unspecified atom stereocenters. The smallest absolute Gasteiger partial charge is 0.330 e. The highest BCUT2D eigenvalue weighted by Gasteiger charge is 2.04. The van der Waals surface area contributed by atoms with Gasteiger partial charge in [-0.2, -0.15) is 0 Å². The zero-order valence-corrected chi connectivity index (χ0v) is 15.8. The summed E-state index contributed by atoms with van der Waals surface area (Å²) in [4.78, 5) is 11.7. The van der Waals surface area contributed by atoms with Crippen LogP contribution >= 0.6 is 0 Å². The molecule has 1 aromatic heterocycles. The third kappa shape index (κ3) is 6.09. The SMILES string of the molecule is COc1ccc(Cn2cc(CCCOC(=O)/C=C/c3ccccc3)nn2)cc1. The van der Waals surface area contributed by atoms with Crippen LogP contribution in [0.4, 0.5) is 0 Å². The Morgan fingerprint density at radius 3 is 2.64 bits per heavy atom. The molecule has 144 valence electrons. The summed E-state index contributed by atoms with van der Waals surface area (Å²) in [7, 11) is 1.65. The average Bonchev–Trinajstić information content (AvgIpc) is 3.18. The lowest BCUT2D eigenvalue weighted by Crippen LogP contribution is -2.03. The number of hydrogen-bond acceptors (Lipinski definition) is 5. The van der Waals surface area contributed by atoms with Gasteiger partial charge in [0.1, 0.15) is 5.75 Å². The lowest BCUT2D eigenvalue weighted by atomic mass is 10.2. The molecule has 0 fully saturated rings. The Labute approximate surface area is 164 Å². The lowest BCUT2D eigenvalue weighted by Gasteiger charge is -2.03. The van der Waals surface area contributed by atoms with Crippen LogP contribution in [-0.4, -0.2) is 34.7 Å². The molecular weight excluding hydrogens is 354 g/mol. The standard InChI is InChI=1S/C22H23N3O3/c1-27-21-12-9-19(10-13-21)16-25-17-20(23-24-25)8-5-15-28-22(26)14-11-18-6-3-2-4-7-18/h2-4,6-7,9-14,17H,5,8,15-16H2,1H3/b14-11+. The number of ether oxygens (including phenoxy) is 2. The number of nitrogens with zero attached hydrogens (tertiary/aromatic N) is 3. The highest BCUT2D eigenvalue weighted by Crippen LogP contribution is 2.12. The van der Waals surface area contributed by atoms with E-state index >= 15 is 0 Å². The predicted molar refractivity (Wildman–Crippen MR) is 107 cm³/mol. The van der Waals surface area contributed by atoms with Gasteiger partial charge in [0.25, 0.3) is 0 Å². The Kier molecular flexibility index (Phi) is 6.95. The molecule has 3 rings (SSSR count). The second-order valence-corrected chi connectivity index (χ2v) is 6.27. The molecule has 0 aliphatic rings. The fraction of sp³-hybridized carbons (Fsp3) is 0.227. The van der Waals surface area contributed by atoms with Crippen LogP contribution in [0.3, 0.4) is 0 Å². The van der Waals surface area contributed by atoms with Gasteiger partial charge in [-0.15, -0.1) is 5.10 Å². The van der Waals surface area contributed by atoms with Gasteiger partial charge in [0.15, 0.2) is 0 Å².